The van der Waals surface area contributed by atoms with Crippen LogP contribution in [0.2, 0.25) is 0 Å². The number of nitrogens with zero attached hydrogens (tertiary/aromatic N) is 1. The van der Waals surface area contributed by atoms with Gasteiger partial charge in [-0.05, 0) is 44.1 Å². The Morgan fingerprint density at radius 3 is 2.81 bits per heavy atom. The van der Waals surface area contributed by atoms with Gasteiger partial charge in [0, 0.05) is 6.20 Å². The van der Waals surface area contributed by atoms with E-state index in [2.05, 4.69) is 10.2 Å². The van der Waals surface area contributed by atoms with Crippen molar-refractivity contribution in [1.29, 1.82) is 0 Å². The minimum absolute atomic E-state index is 0.0202. The van der Waals surface area contributed by atoms with Gasteiger partial charge in [0.05, 0.1) is 18.7 Å². The summed E-state index contributed by atoms with van der Waals surface area (Å²) in [5.41, 5.74) is 1.27. The fourth-order valence-corrected chi connectivity index (χ4v) is 2.41. The van der Waals surface area contributed by atoms with E-state index in [4.69, 9.17) is 4.74 Å². The van der Waals surface area contributed by atoms with E-state index in [1.54, 1.807) is 0 Å². The maximum atomic E-state index is 11.6. The normalized spacial score (nSPS) is 25.3. The second-order valence-electron chi connectivity index (χ2n) is 4.33. The first-order chi connectivity index (χ1) is 7.81. The summed E-state index contributed by atoms with van der Waals surface area (Å²) >= 11 is 0. The molecule has 4 nitrogen and oxygen atoms in total. The zero-order valence-corrected chi connectivity index (χ0v) is 9.61. The molecule has 0 aromatic carbocycles. The van der Waals surface area contributed by atoms with Crippen LogP contribution >= 0.6 is 0 Å². The van der Waals surface area contributed by atoms with E-state index in [0.717, 1.165) is 25.7 Å². The molecule has 1 fully saturated rings. The predicted octanol–water partition coefficient (Wildman–Crippen LogP) is 2.25. The van der Waals surface area contributed by atoms with E-state index in [1.165, 1.54) is 5.56 Å². The van der Waals surface area contributed by atoms with Gasteiger partial charge in [-0.1, -0.05) is 0 Å². The van der Waals surface area contributed by atoms with Crippen molar-refractivity contribution in [3.63, 3.8) is 0 Å². The van der Waals surface area contributed by atoms with Crippen LogP contribution in [0.1, 0.15) is 44.1 Å². The fourth-order valence-electron chi connectivity index (χ4n) is 2.41. The molecule has 2 rings (SSSR count). The molecule has 1 aliphatic rings. The van der Waals surface area contributed by atoms with E-state index in [1.807, 2.05) is 19.3 Å². The standard InChI is InChI=1S/C12H18N2O2/c1-2-16-12(15)10-5-3-9(4-6-10)11-7-13-14-8-11/h7-10H,2-6H2,1H3,(H,13,14). The van der Waals surface area contributed by atoms with Crippen LogP contribution in [0, 0.1) is 5.92 Å². The number of carbonyl (C=O) groups is 1. The lowest BCUT2D eigenvalue weighted by molar-refractivity contribution is -0.149. The van der Waals surface area contributed by atoms with Crippen LogP contribution in [0.3, 0.4) is 0 Å². The SMILES string of the molecule is CCOC(=O)C1CCC(c2cn[nH]c2)CC1. The highest BCUT2D eigenvalue weighted by Crippen LogP contribution is 2.35. The minimum atomic E-state index is -0.0202. The van der Waals surface area contributed by atoms with Crippen LogP contribution in [0.4, 0.5) is 0 Å². The van der Waals surface area contributed by atoms with Crippen molar-refractivity contribution in [2.24, 2.45) is 5.92 Å². The minimum Gasteiger partial charge on any atom is -0.466 e. The van der Waals surface area contributed by atoms with Gasteiger partial charge in [0.1, 0.15) is 0 Å². The molecule has 0 spiro atoms. The van der Waals surface area contributed by atoms with Gasteiger partial charge in [0.2, 0.25) is 0 Å². The second kappa shape index (κ2) is 5.14. The summed E-state index contributed by atoms with van der Waals surface area (Å²) in [6.07, 6.45) is 7.83. The first kappa shape index (κ1) is 11.2. The maximum absolute atomic E-state index is 11.6. The largest absolute Gasteiger partial charge is 0.466 e. The highest BCUT2D eigenvalue weighted by molar-refractivity contribution is 5.72. The Hall–Kier alpha value is -1.32. The number of ether oxygens (including phenoxy) is 1. The smallest absolute Gasteiger partial charge is 0.308 e. The summed E-state index contributed by atoms with van der Waals surface area (Å²) in [4.78, 5) is 11.6. The average molecular weight is 222 g/mol. The number of hydrogen-bond acceptors (Lipinski definition) is 3. The van der Waals surface area contributed by atoms with Crippen LogP contribution in [0.25, 0.3) is 0 Å². The van der Waals surface area contributed by atoms with Gasteiger partial charge in [0.25, 0.3) is 0 Å². The molecule has 1 aromatic rings. The summed E-state index contributed by atoms with van der Waals surface area (Å²) in [5, 5.41) is 6.80. The second-order valence-corrected chi connectivity index (χ2v) is 4.33. The first-order valence-corrected chi connectivity index (χ1v) is 5.96. The van der Waals surface area contributed by atoms with Gasteiger partial charge < -0.3 is 4.74 Å². The zero-order valence-electron chi connectivity index (χ0n) is 9.61. The number of hydrogen-bond donors (Lipinski definition) is 1. The summed E-state index contributed by atoms with van der Waals surface area (Å²) < 4.78 is 5.05. The topological polar surface area (TPSA) is 55.0 Å². The van der Waals surface area contributed by atoms with E-state index < -0.39 is 0 Å². The molecule has 0 aliphatic heterocycles. The molecule has 1 aromatic heterocycles. The third-order valence-corrected chi connectivity index (χ3v) is 3.34. The molecule has 16 heavy (non-hydrogen) atoms. The molecule has 0 radical (unpaired) electrons. The Kier molecular flexibility index (Phi) is 3.59. The molecule has 4 heteroatoms. The molecule has 0 unspecified atom stereocenters. The molecule has 88 valence electrons. The van der Waals surface area contributed by atoms with Gasteiger partial charge in [-0.25, -0.2) is 0 Å². The van der Waals surface area contributed by atoms with E-state index in [9.17, 15) is 4.79 Å². The van der Waals surface area contributed by atoms with E-state index in [-0.39, 0.29) is 11.9 Å². The molecule has 1 heterocycles. The molecule has 1 N–H and O–H groups in total. The Balaban J connectivity index is 1.85. The lowest BCUT2D eigenvalue weighted by atomic mass is 9.79. The summed E-state index contributed by atoms with van der Waals surface area (Å²) in [6, 6.07) is 0. The first-order valence-electron chi connectivity index (χ1n) is 5.96. The van der Waals surface area contributed by atoms with Crippen molar-refractivity contribution in [1.82, 2.24) is 10.2 Å². The van der Waals surface area contributed by atoms with Crippen molar-refractivity contribution < 1.29 is 9.53 Å². The molecule has 0 atom stereocenters. The Morgan fingerprint density at radius 1 is 1.50 bits per heavy atom. The van der Waals surface area contributed by atoms with Gasteiger partial charge in [-0.15, -0.1) is 0 Å². The number of carbonyl (C=O) groups excluding carboxylic acids is 1. The summed E-state index contributed by atoms with van der Waals surface area (Å²) in [7, 11) is 0. The van der Waals surface area contributed by atoms with Crippen LogP contribution in [0.15, 0.2) is 12.4 Å². The summed E-state index contributed by atoms with van der Waals surface area (Å²) in [6.45, 7) is 2.34. The third kappa shape index (κ3) is 2.43. The molecular weight excluding hydrogens is 204 g/mol. The molecule has 0 saturated heterocycles. The lowest BCUT2D eigenvalue weighted by Crippen LogP contribution is -2.23. The summed E-state index contributed by atoms with van der Waals surface area (Å²) in [5.74, 6) is 0.653. The number of nitrogens with one attached hydrogen (secondary N) is 1. The van der Waals surface area contributed by atoms with Crippen molar-refractivity contribution in [2.75, 3.05) is 6.61 Å². The number of rotatable bonds is 3. The van der Waals surface area contributed by atoms with Crippen LogP contribution in [-0.2, 0) is 9.53 Å². The Bertz CT molecular complexity index is 327. The average Bonchev–Trinajstić information content (AvgIpc) is 2.83. The maximum Gasteiger partial charge on any atom is 0.308 e. The lowest BCUT2D eigenvalue weighted by Gasteiger charge is -2.26. The van der Waals surface area contributed by atoms with Gasteiger partial charge >= 0.3 is 5.97 Å². The third-order valence-electron chi connectivity index (χ3n) is 3.34. The quantitative estimate of drug-likeness (QED) is 0.798. The Labute approximate surface area is 95.4 Å². The predicted molar refractivity (Wildman–Crippen MR) is 59.9 cm³/mol. The van der Waals surface area contributed by atoms with Crippen molar-refractivity contribution in [3.05, 3.63) is 18.0 Å². The van der Waals surface area contributed by atoms with Crippen molar-refractivity contribution >= 4 is 5.97 Å². The highest BCUT2D eigenvalue weighted by Gasteiger charge is 2.28. The monoisotopic (exact) mass is 222 g/mol. The van der Waals surface area contributed by atoms with Gasteiger partial charge in [-0.3, -0.25) is 9.89 Å². The van der Waals surface area contributed by atoms with Crippen LogP contribution in [-0.4, -0.2) is 22.8 Å². The van der Waals surface area contributed by atoms with E-state index in [0.29, 0.717) is 12.5 Å². The van der Waals surface area contributed by atoms with Gasteiger partial charge in [-0.2, -0.15) is 5.10 Å². The van der Waals surface area contributed by atoms with E-state index >= 15 is 0 Å². The number of esters is 1. The number of aromatic amines is 1. The molecule has 1 aliphatic carbocycles. The van der Waals surface area contributed by atoms with Crippen LogP contribution in [0.5, 0.6) is 0 Å². The zero-order chi connectivity index (χ0) is 11.4. The van der Waals surface area contributed by atoms with Crippen LogP contribution < -0.4 is 0 Å². The van der Waals surface area contributed by atoms with Crippen molar-refractivity contribution in [2.45, 2.75) is 38.5 Å². The molecule has 0 amide bonds. The fraction of sp³-hybridized carbons (Fsp3) is 0.667. The highest BCUT2D eigenvalue weighted by atomic mass is 16.5. The Morgan fingerprint density at radius 2 is 2.25 bits per heavy atom. The number of aromatic nitrogens is 2. The molecule has 1 saturated carbocycles. The molecular formula is C12H18N2O2. The van der Waals surface area contributed by atoms with Crippen molar-refractivity contribution in [3.8, 4) is 0 Å². The number of H-pyrrole nitrogens is 1. The molecule has 0 bridgehead atoms. The van der Waals surface area contributed by atoms with Gasteiger partial charge in [0.15, 0.2) is 0 Å².